The Bertz CT molecular complexity index is 412. The summed E-state index contributed by atoms with van der Waals surface area (Å²) in [5.41, 5.74) is 6.73. The number of unbranched alkanes of at least 4 members (excludes halogenated alkanes) is 2. The Morgan fingerprint density at radius 3 is 2.58 bits per heavy atom. The Kier molecular flexibility index (Phi) is 5.86. The predicted octanol–water partition coefficient (Wildman–Crippen LogP) is 2.53. The summed E-state index contributed by atoms with van der Waals surface area (Å²) in [6, 6.07) is 0.163. The molecular formula is C14H26N4O. The molecule has 2 N–H and O–H groups in total. The molecule has 0 aliphatic carbocycles. The monoisotopic (exact) mass is 266 g/mol. The van der Waals surface area contributed by atoms with Gasteiger partial charge >= 0.3 is 0 Å². The standard InChI is InChI=1S/C14H26N4O/c1-5-7-8-9-18(11(3)4)14(19)13-12(15)10-17(6-2)16-13/h10-11H,5-9,15H2,1-4H3. The second kappa shape index (κ2) is 7.16. The highest BCUT2D eigenvalue weighted by molar-refractivity contribution is 5.97. The Balaban J connectivity index is 2.83. The van der Waals surface area contributed by atoms with E-state index >= 15 is 0 Å². The maximum Gasteiger partial charge on any atom is 0.276 e. The lowest BCUT2D eigenvalue weighted by molar-refractivity contribution is 0.0696. The summed E-state index contributed by atoms with van der Waals surface area (Å²) in [6.45, 7) is 9.66. The summed E-state index contributed by atoms with van der Waals surface area (Å²) < 4.78 is 1.70. The Labute approximate surface area is 115 Å². The van der Waals surface area contributed by atoms with Crippen molar-refractivity contribution in [1.29, 1.82) is 0 Å². The number of hydrogen-bond acceptors (Lipinski definition) is 3. The van der Waals surface area contributed by atoms with Gasteiger partial charge in [0, 0.05) is 25.3 Å². The largest absolute Gasteiger partial charge is 0.396 e. The summed E-state index contributed by atoms with van der Waals surface area (Å²) in [5.74, 6) is -0.0594. The van der Waals surface area contributed by atoms with Crippen LogP contribution in [0.15, 0.2) is 6.20 Å². The molecule has 0 saturated heterocycles. The quantitative estimate of drug-likeness (QED) is 0.771. The molecule has 0 atom stereocenters. The highest BCUT2D eigenvalue weighted by Crippen LogP contribution is 2.15. The first-order valence-corrected chi connectivity index (χ1v) is 7.15. The molecule has 0 aliphatic heterocycles. The van der Waals surface area contributed by atoms with Crippen LogP contribution in [0.3, 0.4) is 0 Å². The van der Waals surface area contributed by atoms with Crippen molar-refractivity contribution in [3.8, 4) is 0 Å². The average molecular weight is 266 g/mol. The fourth-order valence-corrected chi connectivity index (χ4v) is 2.03. The first kappa shape index (κ1) is 15.5. The third-order valence-corrected chi connectivity index (χ3v) is 3.20. The van der Waals surface area contributed by atoms with Gasteiger partial charge in [0.15, 0.2) is 5.69 Å². The molecule has 1 aromatic rings. The van der Waals surface area contributed by atoms with E-state index in [-0.39, 0.29) is 11.9 Å². The molecule has 1 aromatic heterocycles. The van der Waals surface area contributed by atoms with E-state index in [0.29, 0.717) is 11.4 Å². The average Bonchev–Trinajstić information content (AvgIpc) is 2.75. The van der Waals surface area contributed by atoms with Crippen LogP contribution in [-0.2, 0) is 6.54 Å². The second-order valence-electron chi connectivity index (χ2n) is 5.09. The number of aryl methyl sites for hydroxylation is 1. The number of amides is 1. The van der Waals surface area contributed by atoms with Crippen molar-refractivity contribution >= 4 is 11.6 Å². The van der Waals surface area contributed by atoms with Crippen molar-refractivity contribution in [3.63, 3.8) is 0 Å². The van der Waals surface area contributed by atoms with Gasteiger partial charge in [0.1, 0.15) is 0 Å². The van der Waals surface area contributed by atoms with Gasteiger partial charge in [-0.15, -0.1) is 0 Å². The van der Waals surface area contributed by atoms with Crippen molar-refractivity contribution in [1.82, 2.24) is 14.7 Å². The fraction of sp³-hybridized carbons (Fsp3) is 0.714. The highest BCUT2D eigenvalue weighted by Gasteiger charge is 2.23. The molecule has 1 rings (SSSR count). The summed E-state index contributed by atoms with van der Waals surface area (Å²) in [5, 5.41) is 4.26. The van der Waals surface area contributed by atoms with Gasteiger partial charge in [-0.2, -0.15) is 5.10 Å². The zero-order valence-electron chi connectivity index (χ0n) is 12.5. The Morgan fingerprint density at radius 2 is 2.11 bits per heavy atom. The van der Waals surface area contributed by atoms with E-state index in [0.717, 1.165) is 32.4 Å². The van der Waals surface area contributed by atoms with Gasteiger partial charge in [-0.3, -0.25) is 9.48 Å². The van der Waals surface area contributed by atoms with Crippen LogP contribution < -0.4 is 5.73 Å². The molecule has 0 aromatic carbocycles. The minimum atomic E-state index is -0.0594. The third kappa shape index (κ3) is 3.98. The molecule has 19 heavy (non-hydrogen) atoms. The van der Waals surface area contributed by atoms with Gasteiger partial charge in [-0.25, -0.2) is 0 Å². The molecule has 0 radical (unpaired) electrons. The lowest BCUT2D eigenvalue weighted by atomic mass is 10.2. The Hall–Kier alpha value is -1.52. The molecule has 5 heteroatoms. The van der Waals surface area contributed by atoms with Crippen molar-refractivity contribution in [2.75, 3.05) is 12.3 Å². The second-order valence-corrected chi connectivity index (χ2v) is 5.09. The number of nitrogen functional groups attached to an aromatic ring is 1. The zero-order chi connectivity index (χ0) is 14.4. The normalized spacial score (nSPS) is 11.0. The lowest BCUT2D eigenvalue weighted by Gasteiger charge is -2.26. The maximum atomic E-state index is 12.5. The van der Waals surface area contributed by atoms with Crippen molar-refractivity contribution in [2.24, 2.45) is 0 Å². The molecule has 0 unspecified atom stereocenters. The van der Waals surface area contributed by atoms with E-state index < -0.39 is 0 Å². The summed E-state index contributed by atoms with van der Waals surface area (Å²) in [6.07, 6.45) is 5.02. The molecule has 0 aliphatic rings. The molecule has 5 nitrogen and oxygen atoms in total. The maximum absolute atomic E-state index is 12.5. The van der Waals surface area contributed by atoms with E-state index in [1.807, 2.05) is 25.7 Å². The minimum absolute atomic E-state index is 0.0594. The Morgan fingerprint density at radius 1 is 1.42 bits per heavy atom. The van der Waals surface area contributed by atoms with E-state index in [4.69, 9.17) is 5.73 Å². The van der Waals surface area contributed by atoms with Gasteiger partial charge < -0.3 is 10.6 Å². The number of carbonyl (C=O) groups is 1. The SMILES string of the molecule is CCCCCN(C(=O)c1nn(CC)cc1N)C(C)C. The van der Waals surface area contributed by atoms with Crippen LogP contribution in [0.2, 0.25) is 0 Å². The summed E-state index contributed by atoms with van der Waals surface area (Å²) in [7, 11) is 0. The number of aromatic nitrogens is 2. The summed E-state index contributed by atoms with van der Waals surface area (Å²) >= 11 is 0. The van der Waals surface area contributed by atoms with Crippen LogP contribution >= 0.6 is 0 Å². The molecule has 1 heterocycles. The number of carbonyl (C=O) groups excluding carboxylic acids is 1. The zero-order valence-corrected chi connectivity index (χ0v) is 12.5. The smallest absolute Gasteiger partial charge is 0.276 e. The van der Waals surface area contributed by atoms with Crippen LogP contribution in [0.25, 0.3) is 0 Å². The van der Waals surface area contributed by atoms with Gasteiger partial charge in [-0.05, 0) is 27.2 Å². The fourth-order valence-electron chi connectivity index (χ4n) is 2.03. The van der Waals surface area contributed by atoms with Crippen LogP contribution in [0.1, 0.15) is 57.4 Å². The first-order chi connectivity index (χ1) is 9.01. The number of nitrogens with zero attached hydrogens (tertiary/aromatic N) is 3. The number of hydrogen-bond donors (Lipinski definition) is 1. The number of nitrogens with two attached hydrogens (primary N) is 1. The van der Waals surface area contributed by atoms with E-state index in [1.54, 1.807) is 10.9 Å². The molecule has 0 bridgehead atoms. The van der Waals surface area contributed by atoms with Crippen LogP contribution in [0, 0.1) is 0 Å². The van der Waals surface area contributed by atoms with Gasteiger partial charge in [0.25, 0.3) is 5.91 Å². The molecule has 0 saturated carbocycles. The predicted molar refractivity (Wildman–Crippen MR) is 78.0 cm³/mol. The molecular weight excluding hydrogens is 240 g/mol. The van der Waals surface area contributed by atoms with Crippen molar-refractivity contribution in [3.05, 3.63) is 11.9 Å². The van der Waals surface area contributed by atoms with E-state index in [9.17, 15) is 4.79 Å². The van der Waals surface area contributed by atoms with E-state index in [2.05, 4.69) is 12.0 Å². The van der Waals surface area contributed by atoms with Crippen LogP contribution in [0.5, 0.6) is 0 Å². The van der Waals surface area contributed by atoms with Gasteiger partial charge in [0.05, 0.1) is 5.69 Å². The molecule has 1 amide bonds. The van der Waals surface area contributed by atoms with Crippen LogP contribution in [0.4, 0.5) is 5.69 Å². The number of anilines is 1. The van der Waals surface area contributed by atoms with Crippen molar-refractivity contribution in [2.45, 2.75) is 59.5 Å². The highest BCUT2D eigenvalue weighted by atomic mass is 16.2. The minimum Gasteiger partial charge on any atom is -0.396 e. The number of rotatable bonds is 7. The van der Waals surface area contributed by atoms with Gasteiger partial charge in [-0.1, -0.05) is 19.8 Å². The third-order valence-electron chi connectivity index (χ3n) is 3.20. The molecule has 0 spiro atoms. The molecule has 0 fully saturated rings. The van der Waals surface area contributed by atoms with E-state index in [1.165, 1.54) is 0 Å². The van der Waals surface area contributed by atoms with Crippen LogP contribution in [-0.4, -0.2) is 33.2 Å². The first-order valence-electron chi connectivity index (χ1n) is 7.15. The topological polar surface area (TPSA) is 64.2 Å². The summed E-state index contributed by atoms with van der Waals surface area (Å²) in [4.78, 5) is 14.4. The van der Waals surface area contributed by atoms with Gasteiger partial charge in [0.2, 0.25) is 0 Å². The lowest BCUT2D eigenvalue weighted by Crippen LogP contribution is -2.38. The van der Waals surface area contributed by atoms with Crippen molar-refractivity contribution < 1.29 is 4.79 Å². The molecule has 108 valence electrons.